The van der Waals surface area contributed by atoms with E-state index in [1.807, 2.05) is 0 Å². The highest BCUT2D eigenvalue weighted by Gasteiger charge is 2.33. The molecule has 0 aliphatic rings. The first kappa shape index (κ1) is 31.5. The molecule has 0 fully saturated rings. The highest BCUT2D eigenvalue weighted by atomic mass is 15.2. The Bertz CT molecular complexity index is 1600. The van der Waals surface area contributed by atoms with Crippen LogP contribution in [0.15, 0.2) is 127 Å². The summed E-state index contributed by atoms with van der Waals surface area (Å²) in [6, 6.07) is 48.0. The van der Waals surface area contributed by atoms with Crippen molar-refractivity contribution in [3.05, 3.63) is 127 Å². The molecule has 6 aromatic rings. The summed E-state index contributed by atoms with van der Waals surface area (Å²) in [5.74, 6) is 0. The van der Waals surface area contributed by atoms with Crippen molar-refractivity contribution < 1.29 is 4.48 Å². The fourth-order valence-electron chi connectivity index (χ4n) is 7.24. The zero-order valence-electron chi connectivity index (χ0n) is 27.6. The van der Waals surface area contributed by atoms with Gasteiger partial charge in [0.2, 0.25) is 0 Å². The average Bonchev–Trinajstić information content (AvgIpc) is 3.03. The minimum Gasteiger partial charge on any atom is -0.333 e. The summed E-state index contributed by atoms with van der Waals surface area (Å²) >= 11 is 0. The Kier molecular flexibility index (Phi) is 10.2. The van der Waals surface area contributed by atoms with E-state index in [9.17, 15) is 0 Å². The van der Waals surface area contributed by atoms with Crippen molar-refractivity contribution in [3.63, 3.8) is 0 Å². The molecule has 6 rings (SSSR count). The molecule has 0 aliphatic carbocycles. The summed E-state index contributed by atoms with van der Waals surface area (Å²) in [4.78, 5) is 0. The van der Waals surface area contributed by atoms with E-state index in [2.05, 4.69) is 163 Å². The fourth-order valence-corrected chi connectivity index (χ4v) is 7.24. The van der Waals surface area contributed by atoms with Crippen molar-refractivity contribution in [1.29, 1.82) is 0 Å². The van der Waals surface area contributed by atoms with Gasteiger partial charge < -0.3 is 4.48 Å². The summed E-state index contributed by atoms with van der Waals surface area (Å²) in [6.45, 7) is 2.30. The molecule has 0 aliphatic heterocycles. The van der Waals surface area contributed by atoms with E-state index in [-0.39, 0.29) is 0 Å². The highest BCUT2D eigenvalue weighted by molar-refractivity contribution is 7.14. The number of nitrogens with zero attached hydrogens (tertiary/aromatic N) is 1. The van der Waals surface area contributed by atoms with Crippen LogP contribution in [0.5, 0.6) is 0 Å². The molecular weight excluding hydrogens is 529 g/mol. The second-order valence-electron chi connectivity index (χ2n) is 14.0. The molecule has 0 bridgehead atoms. The van der Waals surface area contributed by atoms with Gasteiger partial charge >= 0.3 is 0 Å². The minimum atomic E-state index is -1.27. The molecular formula is C42H50BN. The van der Waals surface area contributed by atoms with E-state index >= 15 is 0 Å². The predicted molar refractivity (Wildman–Crippen MR) is 199 cm³/mol. The zero-order chi connectivity index (χ0) is 31.0. The van der Waals surface area contributed by atoms with Gasteiger partial charge in [-0.25, -0.2) is 0 Å². The van der Waals surface area contributed by atoms with Crippen molar-refractivity contribution in [2.45, 2.75) is 51.8 Å². The molecule has 0 atom stereocenters. The van der Waals surface area contributed by atoms with Gasteiger partial charge in [0.05, 0.1) is 34.3 Å². The number of unbranched alkanes of at least 4 members (excludes halogenated alkanes) is 5. The molecule has 0 spiro atoms. The standard InChI is InChI=1S/C38H38B.C4H12N/c1-2-3-4-5-6-13-29-39(36-26-14-20-30-17-7-10-23-33(30)36,37-27-15-21-31-18-8-11-24-34(31)37)38-28-16-22-32-19-9-12-25-35(32)38;1-5(2,3)4/h7-12,14-28H,2-6,13,29H2,1H3;1-4H3/q-1;+1. The number of fused-ring (bicyclic) bond motifs is 3. The molecule has 44 heavy (non-hydrogen) atoms. The third kappa shape index (κ3) is 7.08. The van der Waals surface area contributed by atoms with Crippen LogP contribution in [0.1, 0.15) is 45.4 Å². The monoisotopic (exact) mass is 579 g/mol. The third-order valence-corrected chi connectivity index (χ3v) is 9.05. The molecule has 226 valence electrons. The van der Waals surface area contributed by atoms with E-state index in [0.717, 1.165) is 10.8 Å². The van der Waals surface area contributed by atoms with Gasteiger partial charge in [0.25, 0.3) is 0 Å². The van der Waals surface area contributed by atoms with Crippen LogP contribution in [-0.4, -0.2) is 38.8 Å². The Morgan fingerprint density at radius 3 is 1.11 bits per heavy atom. The second kappa shape index (κ2) is 14.3. The lowest BCUT2D eigenvalue weighted by molar-refractivity contribution is -0.849. The number of quaternary nitrogens is 1. The largest absolute Gasteiger partial charge is 0.333 e. The first-order valence-corrected chi connectivity index (χ1v) is 16.7. The molecule has 0 amide bonds. The van der Waals surface area contributed by atoms with Crippen LogP contribution in [-0.2, 0) is 0 Å². The van der Waals surface area contributed by atoms with Crippen LogP contribution in [0.25, 0.3) is 32.3 Å². The lowest BCUT2D eigenvalue weighted by atomic mass is 9.13. The lowest BCUT2D eigenvalue weighted by Crippen LogP contribution is -2.67. The van der Waals surface area contributed by atoms with Crippen LogP contribution >= 0.6 is 0 Å². The Labute approximate surface area is 266 Å². The SMILES string of the molecule is CCCCCCCC[B-](c1cccc2ccccc12)(c1cccc2ccccc12)c1cccc2ccccc12.C[N+](C)(C)C. The Morgan fingerprint density at radius 1 is 0.409 bits per heavy atom. The van der Waals surface area contributed by atoms with Crippen LogP contribution in [0.4, 0.5) is 0 Å². The van der Waals surface area contributed by atoms with Crippen molar-refractivity contribution in [1.82, 2.24) is 0 Å². The van der Waals surface area contributed by atoms with Gasteiger partial charge in [-0.3, -0.25) is 0 Å². The third-order valence-electron chi connectivity index (χ3n) is 9.05. The summed E-state index contributed by atoms with van der Waals surface area (Å²) in [6.07, 6.45) is 7.66. The first-order chi connectivity index (χ1) is 21.3. The summed E-state index contributed by atoms with van der Waals surface area (Å²) in [5, 5.41) is 8.12. The van der Waals surface area contributed by atoms with Crippen molar-refractivity contribution >= 4 is 54.9 Å². The van der Waals surface area contributed by atoms with Crippen molar-refractivity contribution in [2.24, 2.45) is 0 Å². The van der Waals surface area contributed by atoms with Gasteiger partial charge in [0.15, 0.2) is 0 Å². The maximum atomic E-state index is 2.43. The number of hydrogen-bond acceptors (Lipinski definition) is 0. The Morgan fingerprint density at radius 2 is 0.727 bits per heavy atom. The van der Waals surface area contributed by atoms with E-state index in [4.69, 9.17) is 0 Å². The molecule has 1 nitrogen and oxygen atoms in total. The van der Waals surface area contributed by atoms with Gasteiger partial charge in [0, 0.05) is 0 Å². The topological polar surface area (TPSA) is 0 Å². The van der Waals surface area contributed by atoms with Crippen LogP contribution in [0.3, 0.4) is 0 Å². The molecule has 0 N–H and O–H groups in total. The maximum absolute atomic E-state index is 2.43. The van der Waals surface area contributed by atoms with Crippen LogP contribution < -0.4 is 16.4 Å². The Hall–Kier alpha value is -3.88. The molecule has 2 heteroatoms. The van der Waals surface area contributed by atoms with Gasteiger partial charge in [-0.05, 0) is 16.2 Å². The molecule has 0 heterocycles. The van der Waals surface area contributed by atoms with E-state index in [1.165, 1.54) is 87.2 Å². The maximum Gasteiger partial charge on any atom is 0.0837 e. The fraction of sp³-hybridized carbons (Fsp3) is 0.286. The van der Waals surface area contributed by atoms with E-state index < -0.39 is 6.15 Å². The Balaban J connectivity index is 0.000000712. The normalized spacial score (nSPS) is 11.9. The van der Waals surface area contributed by atoms with Crippen molar-refractivity contribution in [3.8, 4) is 0 Å². The molecule has 0 radical (unpaired) electrons. The second-order valence-corrected chi connectivity index (χ2v) is 14.0. The van der Waals surface area contributed by atoms with Gasteiger partial charge in [-0.15, -0.1) is 0 Å². The van der Waals surface area contributed by atoms with Crippen LogP contribution in [0.2, 0.25) is 6.32 Å². The molecule has 0 saturated heterocycles. The summed E-state index contributed by atoms with van der Waals surface area (Å²) < 4.78 is 1.00. The minimum absolute atomic E-state index is 1.00. The molecule has 0 unspecified atom stereocenters. The molecule has 6 aromatic carbocycles. The summed E-state index contributed by atoms with van der Waals surface area (Å²) in [7, 11) is 8.50. The van der Waals surface area contributed by atoms with E-state index in [0.29, 0.717) is 0 Å². The predicted octanol–water partition coefficient (Wildman–Crippen LogP) is 9.30. The average molecular weight is 580 g/mol. The van der Waals surface area contributed by atoms with Gasteiger partial charge in [0.1, 0.15) is 0 Å². The summed E-state index contributed by atoms with van der Waals surface area (Å²) in [5.41, 5.74) is 4.44. The number of benzene rings is 6. The van der Waals surface area contributed by atoms with Crippen LogP contribution in [0, 0.1) is 0 Å². The van der Waals surface area contributed by atoms with Gasteiger partial charge in [-0.1, -0.05) is 189 Å². The quantitative estimate of drug-likeness (QED) is 0.0862. The van der Waals surface area contributed by atoms with E-state index in [1.54, 1.807) is 0 Å². The molecule has 0 saturated carbocycles. The number of hydrogen-bond donors (Lipinski definition) is 0. The smallest absolute Gasteiger partial charge is 0.0837 e. The van der Waals surface area contributed by atoms with Crippen molar-refractivity contribution in [2.75, 3.05) is 28.2 Å². The lowest BCUT2D eigenvalue weighted by Gasteiger charge is -2.45. The molecule has 0 aromatic heterocycles. The zero-order valence-corrected chi connectivity index (χ0v) is 27.6. The van der Waals surface area contributed by atoms with Gasteiger partial charge in [-0.2, -0.15) is 22.7 Å². The highest BCUT2D eigenvalue weighted by Crippen LogP contribution is 2.28. The first-order valence-electron chi connectivity index (χ1n) is 16.7. The number of rotatable bonds is 10.